The number of esters is 1. The number of nitrogens with zero attached hydrogens (tertiary/aromatic N) is 3. The second kappa shape index (κ2) is 10.1. The van der Waals surface area contributed by atoms with E-state index in [4.69, 9.17) is 4.74 Å². The normalized spacial score (nSPS) is 20.6. The number of thiazole rings is 1. The predicted octanol–water partition coefficient (Wildman–Crippen LogP) is 1.39. The topological polar surface area (TPSA) is 109 Å². The van der Waals surface area contributed by atoms with E-state index >= 15 is 0 Å². The van der Waals surface area contributed by atoms with E-state index in [-0.39, 0.29) is 16.6 Å². The molecule has 0 aliphatic carbocycles. The third kappa shape index (κ3) is 5.39. The molecule has 164 valence electrons. The average Bonchev–Trinajstić information content (AvgIpc) is 3.40. The molecule has 2 aliphatic rings. The van der Waals surface area contributed by atoms with Crippen molar-refractivity contribution in [3.8, 4) is 0 Å². The van der Waals surface area contributed by atoms with Gasteiger partial charge < -0.3 is 14.5 Å². The fourth-order valence-electron chi connectivity index (χ4n) is 3.32. The van der Waals surface area contributed by atoms with Crippen molar-refractivity contribution in [3.63, 3.8) is 0 Å². The lowest BCUT2D eigenvalue weighted by Gasteiger charge is -2.23. The van der Waals surface area contributed by atoms with Gasteiger partial charge in [-0.3, -0.25) is 4.79 Å². The van der Waals surface area contributed by atoms with E-state index in [0.717, 1.165) is 37.3 Å². The molecule has 1 amide bonds. The standard InChI is InChI=1S/C17H26N4O5S2.ClH/c1-3-10-26-16(23)12(2)21-9-6-13(15(21)22)19-28(24,25)14-11-18-17(27-14)20-7-4-5-8-20;/h11-13,19H,3-10H2,1-2H3;1H. The Morgan fingerprint density at radius 2 is 2.07 bits per heavy atom. The Balaban J connectivity index is 0.00000300. The zero-order valence-corrected chi connectivity index (χ0v) is 18.9. The summed E-state index contributed by atoms with van der Waals surface area (Å²) in [5, 5.41) is 0.685. The smallest absolute Gasteiger partial charge is 0.328 e. The Labute approximate surface area is 181 Å². The molecule has 9 nitrogen and oxygen atoms in total. The molecule has 0 bridgehead atoms. The molecule has 12 heteroatoms. The molecule has 2 atom stereocenters. The third-order valence-electron chi connectivity index (χ3n) is 4.91. The molecule has 3 rings (SSSR count). The van der Waals surface area contributed by atoms with Crippen molar-refractivity contribution in [3.05, 3.63) is 6.20 Å². The van der Waals surface area contributed by atoms with E-state index in [1.165, 1.54) is 11.1 Å². The summed E-state index contributed by atoms with van der Waals surface area (Å²) < 4.78 is 33.0. The summed E-state index contributed by atoms with van der Waals surface area (Å²) in [5.74, 6) is -0.884. The first-order valence-corrected chi connectivity index (χ1v) is 11.8. The van der Waals surface area contributed by atoms with Crippen LogP contribution in [0.3, 0.4) is 0 Å². The Morgan fingerprint density at radius 1 is 1.38 bits per heavy atom. The molecule has 2 unspecified atom stereocenters. The second-order valence-corrected chi connectivity index (χ2v) is 9.94. The summed E-state index contributed by atoms with van der Waals surface area (Å²) in [4.78, 5) is 32.3. The zero-order valence-electron chi connectivity index (χ0n) is 16.5. The van der Waals surface area contributed by atoms with Crippen molar-refractivity contribution in [2.45, 2.75) is 55.8 Å². The molecular weight excluding hydrogens is 440 g/mol. The fourth-order valence-corrected chi connectivity index (χ4v) is 5.73. The molecule has 0 spiro atoms. The van der Waals surface area contributed by atoms with Gasteiger partial charge in [-0.25, -0.2) is 18.2 Å². The highest BCUT2D eigenvalue weighted by molar-refractivity contribution is 7.91. The van der Waals surface area contributed by atoms with Gasteiger partial charge in [-0.2, -0.15) is 4.72 Å². The van der Waals surface area contributed by atoms with Crippen molar-refractivity contribution in [1.29, 1.82) is 0 Å². The van der Waals surface area contributed by atoms with Crippen LogP contribution in [0.4, 0.5) is 5.13 Å². The molecule has 2 aliphatic heterocycles. The largest absolute Gasteiger partial charge is 0.464 e. The number of nitrogens with one attached hydrogen (secondary N) is 1. The van der Waals surface area contributed by atoms with E-state index in [0.29, 0.717) is 31.1 Å². The summed E-state index contributed by atoms with van der Waals surface area (Å²) in [5.41, 5.74) is 0. The van der Waals surface area contributed by atoms with Crippen molar-refractivity contribution >= 4 is 50.8 Å². The number of ether oxygens (including phenoxy) is 1. The highest BCUT2D eigenvalue weighted by atomic mass is 35.5. The summed E-state index contributed by atoms with van der Waals surface area (Å²) in [6.07, 6.45) is 4.49. The number of halogens is 1. The maximum atomic E-state index is 12.7. The van der Waals surface area contributed by atoms with Crippen LogP contribution < -0.4 is 9.62 Å². The van der Waals surface area contributed by atoms with Crippen LogP contribution in [-0.4, -0.2) is 68.5 Å². The Morgan fingerprint density at radius 3 is 2.72 bits per heavy atom. The SMILES string of the molecule is CCCOC(=O)C(C)N1CCC(NS(=O)(=O)c2cnc(N3CCCC3)s2)C1=O.Cl. The Bertz CT molecular complexity index is 826. The van der Waals surface area contributed by atoms with Crippen LogP contribution in [0, 0.1) is 0 Å². The first-order valence-electron chi connectivity index (χ1n) is 9.53. The minimum absolute atomic E-state index is 0. The van der Waals surface area contributed by atoms with Crippen LogP contribution in [-0.2, 0) is 24.3 Å². The maximum Gasteiger partial charge on any atom is 0.328 e. The highest BCUT2D eigenvalue weighted by Gasteiger charge is 2.40. The van der Waals surface area contributed by atoms with Gasteiger partial charge in [-0.05, 0) is 32.6 Å². The Kier molecular flexibility index (Phi) is 8.27. The number of amides is 1. The van der Waals surface area contributed by atoms with Gasteiger partial charge in [-0.1, -0.05) is 18.3 Å². The number of anilines is 1. The van der Waals surface area contributed by atoms with Gasteiger partial charge in [0.05, 0.1) is 12.8 Å². The number of rotatable bonds is 8. The summed E-state index contributed by atoms with van der Waals surface area (Å²) in [6, 6.07) is -1.62. The van der Waals surface area contributed by atoms with Crippen molar-refractivity contribution in [1.82, 2.24) is 14.6 Å². The van der Waals surface area contributed by atoms with Crippen LogP contribution in [0.15, 0.2) is 10.4 Å². The molecular formula is C17H27ClN4O5S2. The molecule has 0 aromatic carbocycles. The second-order valence-electron chi connectivity index (χ2n) is 6.99. The molecule has 0 saturated carbocycles. The van der Waals surface area contributed by atoms with Gasteiger partial charge in [0.15, 0.2) is 9.34 Å². The first kappa shape index (κ1) is 23.8. The van der Waals surface area contributed by atoms with Crippen LogP contribution in [0.5, 0.6) is 0 Å². The summed E-state index contributed by atoms with van der Waals surface area (Å²) in [7, 11) is -3.85. The molecule has 0 radical (unpaired) electrons. The van der Waals surface area contributed by atoms with Gasteiger partial charge in [0, 0.05) is 19.6 Å². The van der Waals surface area contributed by atoms with Crippen LogP contribution in [0.1, 0.15) is 39.5 Å². The molecule has 3 heterocycles. The first-order chi connectivity index (χ1) is 13.3. The van der Waals surface area contributed by atoms with E-state index in [1.807, 2.05) is 6.92 Å². The molecule has 29 heavy (non-hydrogen) atoms. The molecule has 1 aromatic heterocycles. The number of carbonyl (C=O) groups is 2. The van der Waals surface area contributed by atoms with E-state index < -0.39 is 34.0 Å². The van der Waals surface area contributed by atoms with Crippen LogP contribution >= 0.6 is 23.7 Å². The van der Waals surface area contributed by atoms with Gasteiger partial charge in [-0.15, -0.1) is 12.4 Å². The molecule has 2 fully saturated rings. The maximum absolute atomic E-state index is 12.7. The number of sulfonamides is 1. The van der Waals surface area contributed by atoms with Crippen molar-refractivity contribution in [2.24, 2.45) is 0 Å². The number of aromatic nitrogens is 1. The number of hydrogen-bond donors (Lipinski definition) is 1. The minimum Gasteiger partial charge on any atom is -0.464 e. The van der Waals surface area contributed by atoms with Gasteiger partial charge in [0.25, 0.3) is 10.0 Å². The van der Waals surface area contributed by atoms with Gasteiger partial charge >= 0.3 is 5.97 Å². The highest BCUT2D eigenvalue weighted by Crippen LogP contribution is 2.29. The summed E-state index contributed by atoms with van der Waals surface area (Å²) in [6.45, 7) is 5.84. The van der Waals surface area contributed by atoms with Crippen LogP contribution in [0.2, 0.25) is 0 Å². The lowest BCUT2D eigenvalue weighted by atomic mass is 10.3. The number of hydrogen-bond acceptors (Lipinski definition) is 8. The molecule has 2 saturated heterocycles. The van der Waals surface area contributed by atoms with Crippen LogP contribution in [0.25, 0.3) is 0 Å². The van der Waals surface area contributed by atoms with E-state index in [2.05, 4.69) is 14.6 Å². The Hall–Kier alpha value is -1.43. The lowest BCUT2D eigenvalue weighted by Crippen LogP contribution is -2.46. The molecule has 1 aromatic rings. The minimum atomic E-state index is -3.85. The quantitative estimate of drug-likeness (QED) is 0.576. The summed E-state index contributed by atoms with van der Waals surface area (Å²) >= 11 is 1.11. The molecule has 1 N–H and O–H groups in total. The van der Waals surface area contributed by atoms with E-state index in [9.17, 15) is 18.0 Å². The fraction of sp³-hybridized carbons (Fsp3) is 0.706. The van der Waals surface area contributed by atoms with E-state index in [1.54, 1.807) is 6.92 Å². The lowest BCUT2D eigenvalue weighted by molar-refractivity contribution is -0.153. The van der Waals surface area contributed by atoms with Gasteiger partial charge in [0.2, 0.25) is 5.91 Å². The third-order valence-corrected chi connectivity index (χ3v) is 7.90. The monoisotopic (exact) mass is 466 g/mol. The van der Waals surface area contributed by atoms with Gasteiger partial charge in [0.1, 0.15) is 12.1 Å². The zero-order chi connectivity index (χ0) is 20.3. The van der Waals surface area contributed by atoms with Crippen molar-refractivity contribution in [2.75, 3.05) is 31.1 Å². The van der Waals surface area contributed by atoms with Crippen molar-refractivity contribution < 1.29 is 22.7 Å². The number of carbonyl (C=O) groups excluding carboxylic acids is 2. The predicted molar refractivity (Wildman–Crippen MR) is 112 cm³/mol. The number of likely N-dealkylation sites (tertiary alicyclic amines) is 1. The average molecular weight is 467 g/mol.